The van der Waals surface area contributed by atoms with Crippen molar-refractivity contribution in [1.82, 2.24) is 4.90 Å². The van der Waals surface area contributed by atoms with Gasteiger partial charge in [0.25, 0.3) is 5.91 Å². The monoisotopic (exact) mass is 381 g/mol. The maximum Gasteiger partial charge on any atom is 0.255 e. The lowest BCUT2D eigenvalue weighted by Gasteiger charge is -2.32. The van der Waals surface area contributed by atoms with Crippen LogP contribution in [0.2, 0.25) is 5.02 Å². The number of carbonyl (C=O) groups excluding carboxylic acids is 2. The van der Waals surface area contributed by atoms with Crippen LogP contribution in [0.1, 0.15) is 33.6 Å². The number of nitrogens with zero attached hydrogens (tertiary/aromatic N) is 1. The summed E-state index contributed by atoms with van der Waals surface area (Å²) in [4.78, 5) is 26.6. The standard InChI is InChI=1S/C19H15ClF3NO2/c20-16-9-13(22)3-5-14(16)19(26)24-7-1-2-11(10-24)18(25)15-8-12(21)4-6-17(15)23/h3-6,8-9,11H,1-2,7,10H2/t11-/m0/s1. The Morgan fingerprint density at radius 2 is 1.69 bits per heavy atom. The molecule has 0 saturated carbocycles. The van der Waals surface area contributed by atoms with Crippen LogP contribution >= 0.6 is 11.6 Å². The second-order valence-corrected chi connectivity index (χ2v) is 6.61. The number of carbonyl (C=O) groups is 2. The van der Waals surface area contributed by atoms with Gasteiger partial charge in [0.2, 0.25) is 0 Å². The molecule has 7 heteroatoms. The van der Waals surface area contributed by atoms with Gasteiger partial charge < -0.3 is 4.90 Å². The Balaban J connectivity index is 1.79. The molecule has 0 aromatic heterocycles. The SMILES string of the molecule is O=C(c1cc(F)ccc1F)[C@H]1CCCN(C(=O)c2ccc(F)cc2Cl)C1. The molecule has 1 fully saturated rings. The lowest BCUT2D eigenvalue weighted by atomic mass is 9.89. The highest BCUT2D eigenvalue weighted by atomic mass is 35.5. The van der Waals surface area contributed by atoms with Crippen LogP contribution in [-0.2, 0) is 0 Å². The summed E-state index contributed by atoms with van der Waals surface area (Å²) >= 11 is 5.93. The molecule has 2 aromatic carbocycles. The maximum atomic E-state index is 13.9. The van der Waals surface area contributed by atoms with Gasteiger partial charge in [-0.3, -0.25) is 9.59 Å². The lowest BCUT2D eigenvalue weighted by molar-refractivity contribution is 0.0636. The van der Waals surface area contributed by atoms with Crippen molar-refractivity contribution in [3.8, 4) is 0 Å². The van der Waals surface area contributed by atoms with Gasteiger partial charge in [-0.25, -0.2) is 13.2 Å². The van der Waals surface area contributed by atoms with E-state index in [4.69, 9.17) is 11.6 Å². The minimum atomic E-state index is -0.790. The molecule has 1 saturated heterocycles. The normalized spacial score (nSPS) is 17.2. The van der Waals surface area contributed by atoms with Gasteiger partial charge >= 0.3 is 0 Å². The molecule has 3 rings (SSSR count). The summed E-state index contributed by atoms with van der Waals surface area (Å²) in [5.74, 6) is -3.64. The molecule has 0 aliphatic carbocycles. The van der Waals surface area contributed by atoms with Crippen molar-refractivity contribution in [1.29, 1.82) is 0 Å². The first kappa shape index (κ1) is 18.5. The Hall–Kier alpha value is -2.34. The van der Waals surface area contributed by atoms with Crippen molar-refractivity contribution in [3.05, 3.63) is 70.0 Å². The van der Waals surface area contributed by atoms with E-state index in [2.05, 4.69) is 0 Å². The molecule has 3 nitrogen and oxygen atoms in total. The summed E-state index contributed by atoms with van der Waals surface area (Å²) in [5, 5.41) is -0.0142. The molecule has 26 heavy (non-hydrogen) atoms. The molecule has 1 aliphatic heterocycles. The Bertz CT molecular complexity index is 872. The van der Waals surface area contributed by atoms with Gasteiger partial charge in [0, 0.05) is 19.0 Å². The molecule has 0 radical (unpaired) electrons. The van der Waals surface area contributed by atoms with E-state index in [-0.39, 0.29) is 22.7 Å². The zero-order chi connectivity index (χ0) is 18.8. The number of hydrogen-bond donors (Lipinski definition) is 0. The first-order chi connectivity index (χ1) is 12.4. The average Bonchev–Trinajstić information content (AvgIpc) is 2.63. The molecule has 0 N–H and O–H groups in total. The quantitative estimate of drug-likeness (QED) is 0.734. The van der Waals surface area contributed by atoms with Crippen molar-refractivity contribution in [3.63, 3.8) is 0 Å². The third-order valence-corrected chi connectivity index (χ3v) is 4.75. The number of benzene rings is 2. The summed E-state index contributed by atoms with van der Waals surface area (Å²) in [6, 6.07) is 6.19. The van der Waals surface area contributed by atoms with Crippen LogP contribution in [0.15, 0.2) is 36.4 Å². The number of ketones is 1. The second-order valence-electron chi connectivity index (χ2n) is 6.20. The highest BCUT2D eigenvalue weighted by Gasteiger charge is 2.31. The second kappa shape index (κ2) is 7.50. The summed E-state index contributed by atoms with van der Waals surface area (Å²) in [6.45, 7) is 0.475. The van der Waals surface area contributed by atoms with Crippen molar-refractivity contribution in [2.45, 2.75) is 12.8 Å². The largest absolute Gasteiger partial charge is 0.338 e. The van der Waals surface area contributed by atoms with Gasteiger partial charge in [-0.1, -0.05) is 11.6 Å². The van der Waals surface area contributed by atoms with Gasteiger partial charge in [0.1, 0.15) is 17.5 Å². The van der Waals surface area contributed by atoms with Crippen molar-refractivity contribution in [2.24, 2.45) is 5.92 Å². The molecular weight excluding hydrogens is 367 g/mol. The molecule has 2 aromatic rings. The molecule has 1 heterocycles. The van der Waals surface area contributed by atoms with Gasteiger partial charge in [-0.15, -0.1) is 0 Å². The lowest BCUT2D eigenvalue weighted by Crippen LogP contribution is -2.42. The first-order valence-electron chi connectivity index (χ1n) is 8.10. The van der Waals surface area contributed by atoms with Crippen LogP contribution in [-0.4, -0.2) is 29.7 Å². The highest BCUT2D eigenvalue weighted by molar-refractivity contribution is 6.33. The van der Waals surface area contributed by atoms with Crippen molar-refractivity contribution < 1.29 is 22.8 Å². The molecular formula is C19H15ClF3NO2. The number of rotatable bonds is 3. The number of piperidine rings is 1. The van der Waals surface area contributed by atoms with Crippen LogP contribution in [0.5, 0.6) is 0 Å². The van der Waals surface area contributed by atoms with Crippen LogP contribution in [0.25, 0.3) is 0 Å². The number of likely N-dealkylation sites (tertiary alicyclic amines) is 1. The fraction of sp³-hybridized carbons (Fsp3) is 0.263. The summed E-state index contributed by atoms with van der Waals surface area (Å²) in [6.07, 6.45) is 1.01. The van der Waals surface area contributed by atoms with Gasteiger partial charge in [0.05, 0.1) is 16.1 Å². The minimum absolute atomic E-state index is 0.0142. The molecule has 1 atom stereocenters. The van der Waals surface area contributed by atoms with Crippen LogP contribution in [0.4, 0.5) is 13.2 Å². The number of hydrogen-bond acceptors (Lipinski definition) is 2. The van der Waals surface area contributed by atoms with E-state index in [9.17, 15) is 22.8 Å². The van der Waals surface area contributed by atoms with Gasteiger partial charge in [0.15, 0.2) is 5.78 Å². The van der Waals surface area contributed by atoms with E-state index >= 15 is 0 Å². The van der Waals surface area contributed by atoms with Crippen molar-refractivity contribution in [2.75, 3.05) is 13.1 Å². The molecule has 1 aliphatic rings. The molecule has 0 spiro atoms. The van der Waals surface area contributed by atoms with E-state index in [1.165, 1.54) is 11.0 Å². The van der Waals surface area contributed by atoms with E-state index in [1.54, 1.807) is 0 Å². The smallest absolute Gasteiger partial charge is 0.255 e. The van der Waals surface area contributed by atoms with Crippen LogP contribution < -0.4 is 0 Å². The summed E-state index contributed by atoms with van der Waals surface area (Å²) in [7, 11) is 0. The van der Waals surface area contributed by atoms with E-state index < -0.39 is 35.1 Å². The Kier molecular flexibility index (Phi) is 5.32. The maximum absolute atomic E-state index is 13.9. The number of Topliss-reactive ketones (excluding diaryl/α,β-unsaturated/α-hetero) is 1. The molecule has 0 unspecified atom stereocenters. The highest BCUT2D eigenvalue weighted by Crippen LogP contribution is 2.26. The zero-order valence-corrected chi connectivity index (χ0v) is 14.4. The third kappa shape index (κ3) is 3.75. The van der Waals surface area contributed by atoms with E-state index in [1.807, 2.05) is 0 Å². The predicted octanol–water partition coefficient (Wildman–Crippen LogP) is 4.49. The predicted molar refractivity (Wildman–Crippen MR) is 90.7 cm³/mol. The average molecular weight is 382 g/mol. The van der Waals surface area contributed by atoms with Gasteiger partial charge in [-0.05, 0) is 49.2 Å². The Morgan fingerprint density at radius 3 is 2.42 bits per heavy atom. The number of amides is 1. The van der Waals surface area contributed by atoms with Crippen molar-refractivity contribution >= 4 is 23.3 Å². The van der Waals surface area contributed by atoms with Crippen LogP contribution in [0.3, 0.4) is 0 Å². The summed E-state index contributed by atoms with van der Waals surface area (Å²) in [5.41, 5.74) is -0.179. The first-order valence-corrected chi connectivity index (χ1v) is 8.48. The zero-order valence-electron chi connectivity index (χ0n) is 13.6. The minimum Gasteiger partial charge on any atom is -0.338 e. The molecule has 0 bridgehead atoms. The topological polar surface area (TPSA) is 37.4 Å². The van der Waals surface area contributed by atoms with Gasteiger partial charge in [-0.2, -0.15) is 0 Å². The summed E-state index contributed by atoms with van der Waals surface area (Å²) < 4.78 is 40.4. The molecule has 1 amide bonds. The van der Waals surface area contributed by atoms with Crippen LogP contribution in [0, 0.1) is 23.4 Å². The van der Waals surface area contributed by atoms with E-state index in [0.29, 0.717) is 19.4 Å². The Morgan fingerprint density at radius 1 is 1.00 bits per heavy atom. The Labute approximate surface area is 153 Å². The fourth-order valence-corrected chi connectivity index (χ4v) is 3.36. The third-order valence-electron chi connectivity index (χ3n) is 4.43. The molecule has 136 valence electrons. The number of halogens is 4. The fourth-order valence-electron chi connectivity index (χ4n) is 3.12. The van der Waals surface area contributed by atoms with E-state index in [0.717, 1.165) is 30.3 Å².